The second kappa shape index (κ2) is 5.46. The summed E-state index contributed by atoms with van der Waals surface area (Å²) in [6.45, 7) is 0. The van der Waals surface area contributed by atoms with Crippen molar-refractivity contribution >= 4 is 12.5 Å². The van der Waals surface area contributed by atoms with Crippen molar-refractivity contribution in [3.05, 3.63) is 34.0 Å². The fourth-order valence-corrected chi connectivity index (χ4v) is 1.27. The van der Waals surface area contributed by atoms with Gasteiger partial charge in [0, 0.05) is 5.22 Å². The van der Waals surface area contributed by atoms with Crippen molar-refractivity contribution in [3.63, 3.8) is 0 Å². The van der Waals surface area contributed by atoms with Gasteiger partial charge in [-0.05, 0) is 12.0 Å². The molecule has 1 aromatic carbocycles. The molecule has 3 N–H and O–H groups in total. The molecule has 0 saturated heterocycles. The van der Waals surface area contributed by atoms with Gasteiger partial charge >= 0.3 is 0 Å². The van der Waals surface area contributed by atoms with Gasteiger partial charge in [0.05, 0.1) is 10.8 Å². The highest BCUT2D eigenvalue weighted by atomic mass is 19.2. The highest BCUT2D eigenvalue weighted by Gasteiger charge is 2.29. The van der Waals surface area contributed by atoms with Crippen molar-refractivity contribution < 1.29 is 34.2 Å². The standard InChI is InChI=1S/C11H8F2O5/c1-2-11(13,14)9-4-3-7(5-17-15)8(6-18-16)10(9)12/h1,3-6,14-16H. The van der Waals surface area contributed by atoms with Crippen molar-refractivity contribution in [2.75, 3.05) is 0 Å². The van der Waals surface area contributed by atoms with Crippen molar-refractivity contribution in [2.45, 2.75) is 5.85 Å². The highest BCUT2D eigenvalue weighted by molar-refractivity contribution is 5.35. The van der Waals surface area contributed by atoms with Crippen LogP contribution < -0.4 is 10.4 Å². The van der Waals surface area contributed by atoms with Gasteiger partial charge in [-0.1, -0.05) is 6.07 Å². The Kier molecular flexibility index (Phi) is 4.23. The third kappa shape index (κ3) is 2.57. The molecule has 18 heavy (non-hydrogen) atoms. The molecule has 5 nitrogen and oxygen atoms in total. The zero-order chi connectivity index (χ0) is 13.8. The first-order valence-corrected chi connectivity index (χ1v) is 4.46. The third-order valence-corrected chi connectivity index (χ3v) is 2.11. The molecule has 1 aromatic rings. The lowest BCUT2D eigenvalue weighted by Gasteiger charge is -2.13. The van der Waals surface area contributed by atoms with E-state index in [1.807, 2.05) is 0 Å². The topological polar surface area (TPSA) is 79.2 Å². The molecule has 7 heteroatoms. The van der Waals surface area contributed by atoms with Gasteiger partial charge in [-0.3, -0.25) is 0 Å². The molecule has 0 aliphatic carbocycles. The van der Waals surface area contributed by atoms with Crippen LogP contribution in [0.15, 0.2) is 12.1 Å². The molecule has 1 atom stereocenters. The molecule has 0 radical (unpaired) electrons. The maximum absolute atomic E-state index is 13.9. The van der Waals surface area contributed by atoms with E-state index in [2.05, 4.69) is 9.78 Å². The van der Waals surface area contributed by atoms with Crippen LogP contribution in [-0.2, 0) is 15.6 Å². The lowest BCUT2D eigenvalue weighted by Crippen LogP contribution is -2.33. The second-order valence-electron chi connectivity index (χ2n) is 3.14. The Morgan fingerprint density at radius 1 is 1.28 bits per heavy atom. The molecule has 0 aromatic heterocycles. The molecule has 0 fully saturated rings. The molecule has 0 amide bonds. The van der Waals surface area contributed by atoms with Crippen molar-refractivity contribution in [2.24, 2.45) is 0 Å². The van der Waals surface area contributed by atoms with Gasteiger partial charge in [0.2, 0.25) is 0 Å². The summed E-state index contributed by atoms with van der Waals surface area (Å²) in [5.74, 6) is -3.24. The fourth-order valence-electron chi connectivity index (χ4n) is 1.27. The number of hydrogen-bond donors (Lipinski definition) is 3. The van der Waals surface area contributed by atoms with Gasteiger partial charge in [-0.15, -0.1) is 6.42 Å². The highest BCUT2D eigenvalue weighted by Crippen LogP contribution is 2.21. The SMILES string of the molecule is C#CC(O)(F)c1ccc(=COO)c(=COO)c1F. The molecular weight excluding hydrogens is 250 g/mol. The Morgan fingerprint density at radius 3 is 2.39 bits per heavy atom. The molecule has 0 aliphatic heterocycles. The lowest BCUT2D eigenvalue weighted by molar-refractivity contribution is -0.163. The summed E-state index contributed by atoms with van der Waals surface area (Å²) in [6.07, 6.45) is 5.93. The van der Waals surface area contributed by atoms with E-state index in [1.165, 1.54) is 5.92 Å². The predicted molar refractivity (Wildman–Crippen MR) is 55.8 cm³/mol. The summed E-state index contributed by atoms with van der Waals surface area (Å²) in [6, 6.07) is 1.94. The van der Waals surface area contributed by atoms with Crippen LogP contribution in [0.3, 0.4) is 0 Å². The van der Waals surface area contributed by atoms with Crippen molar-refractivity contribution in [3.8, 4) is 12.3 Å². The molecule has 1 unspecified atom stereocenters. The number of aliphatic hydroxyl groups is 1. The fraction of sp³-hybridized carbons (Fsp3) is 0.0909. The summed E-state index contributed by atoms with van der Waals surface area (Å²) in [5.41, 5.74) is -0.844. The normalized spacial score (nSPS) is 16.0. The van der Waals surface area contributed by atoms with E-state index in [1.54, 1.807) is 0 Å². The van der Waals surface area contributed by atoms with E-state index >= 15 is 0 Å². The number of benzene rings is 1. The van der Waals surface area contributed by atoms with E-state index in [0.29, 0.717) is 12.5 Å². The molecule has 0 spiro atoms. The van der Waals surface area contributed by atoms with E-state index in [-0.39, 0.29) is 5.22 Å². The minimum Gasteiger partial charge on any atom is -0.348 e. The van der Waals surface area contributed by atoms with Crippen LogP contribution in [-0.4, -0.2) is 15.6 Å². The zero-order valence-electron chi connectivity index (χ0n) is 8.80. The van der Waals surface area contributed by atoms with E-state index in [0.717, 1.165) is 12.1 Å². The minimum absolute atomic E-state index is 0.0828. The second-order valence-corrected chi connectivity index (χ2v) is 3.14. The zero-order valence-corrected chi connectivity index (χ0v) is 8.80. The summed E-state index contributed by atoms with van der Waals surface area (Å²) < 4.78 is 27.3. The molecule has 0 aliphatic rings. The first-order valence-electron chi connectivity index (χ1n) is 4.46. The summed E-state index contributed by atoms with van der Waals surface area (Å²) in [5, 5.41) is 25.1. The number of hydrogen-bond acceptors (Lipinski definition) is 5. The average molecular weight is 258 g/mol. The van der Waals surface area contributed by atoms with Gasteiger partial charge in [0.15, 0.2) is 0 Å². The molecule has 0 saturated carbocycles. The Labute approximate surface area is 99.7 Å². The number of terminal acetylenes is 1. The van der Waals surface area contributed by atoms with Gasteiger partial charge < -0.3 is 14.9 Å². The Morgan fingerprint density at radius 2 is 1.89 bits per heavy atom. The van der Waals surface area contributed by atoms with Crippen LogP contribution in [0.25, 0.3) is 12.5 Å². The van der Waals surface area contributed by atoms with Gasteiger partial charge in [-0.25, -0.2) is 14.9 Å². The molecule has 96 valence electrons. The first-order chi connectivity index (χ1) is 8.47. The molecule has 0 heterocycles. The van der Waals surface area contributed by atoms with E-state index in [9.17, 15) is 8.78 Å². The average Bonchev–Trinajstić information content (AvgIpc) is 2.34. The minimum atomic E-state index is -3.32. The smallest absolute Gasteiger partial charge is 0.298 e. The molecule has 1 rings (SSSR count). The van der Waals surface area contributed by atoms with Crippen LogP contribution in [0.5, 0.6) is 0 Å². The summed E-state index contributed by atoms with van der Waals surface area (Å²) >= 11 is 0. The van der Waals surface area contributed by atoms with Crippen LogP contribution in [0.4, 0.5) is 8.78 Å². The Hall–Kier alpha value is -2.14. The summed E-state index contributed by atoms with van der Waals surface area (Å²) in [4.78, 5) is 7.30. The van der Waals surface area contributed by atoms with Crippen molar-refractivity contribution in [1.82, 2.24) is 0 Å². The molecular formula is C11H8F2O5. The van der Waals surface area contributed by atoms with Crippen LogP contribution >= 0.6 is 0 Å². The van der Waals surface area contributed by atoms with Gasteiger partial charge in [0.25, 0.3) is 5.85 Å². The van der Waals surface area contributed by atoms with Gasteiger partial charge in [0.1, 0.15) is 18.3 Å². The van der Waals surface area contributed by atoms with E-state index in [4.69, 9.17) is 22.0 Å². The molecule has 0 bridgehead atoms. The van der Waals surface area contributed by atoms with Crippen LogP contribution in [0.2, 0.25) is 0 Å². The maximum atomic E-state index is 13.9. The third-order valence-electron chi connectivity index (χ3n) is 2.11. The summed E-state index contributed by atoms with van der Waals surface area (Å²) in [7, 11) is 0. The predicted octanol–water partition coefficient (Wildman–Crippen LogP) is 0.0287. The Bertz CT molecular complexity index is 589. The largest absolute Gasteiger partial charge is 0.348 e. The van der Waals surface area contributed by atoms with Gasteiger partial charge in [-0.2, -0.15) is 4.39 Å². The number of alkyl halides is 1. The Balaban J connectivity index is 3.67. The van der Waals surface area contributed by atoms with E-state index < -0.39 is 22.5 Å². The number of rotatable bonds is 3. The van der Waals surface area contributed by atoms with Crippen LogP contribution in [0, 0.1) is 18.2 Å². The first kappa shape index (κ1) is 13.9. The lowest BCUT2D eigenvalue weighted by atomic mass is 10.1. The van der Waals surface area contributed by atoms with Crippen molar-refractivity contribution in [1.29, 1.82) is 0 Å². The van der Waals surface area contributed by atoms with Crippen LogP contribution in [0.1, 0.15) is 5.56 Å². The maximum Gasteiger partial charge on any atom is 0.298 e. The number of halogens is 2. The monoisotopic (exact) mass is 258 g/mol. The quantitative estimate of drug-likeness (QED) is 0.405.